The van der Waals surface area contributed by atoms with E-state index >= 15 is 0 Å². The second-order valence-electron chi connectivity index (χ2n) is 7.87. The molecule has 5 nitrogen and oxygen atoms in total. The summed E-state index contributed by atoms with van der Waals surface area (Å²) in [6, 6.07) is 5.11. The number of benzene rings is 1. The second kappa shape index (κ2) is 7.75. The molecule has 0 atom stereocenters. The molecule has 3 rings (SSSR count). The molecule has 2 aliphatic rings. The van der Waals surface area contributed by atoms with Crippen LogP contribution in [0.2, 0.25) is 0 Å². The third kappa shape index (κ3) is 4.95. The number of rotatable bonds is 4. The number of amides is 1. The monoisotopic (exact) mass is 346 g/mol. The number of hydrogen-bond donors (Lipinski definition) is 3. The van der Waals surface area contributed by atoms with E-state index < -0.39 is 5.60 Å². The van der Waals surface area contributed by atoms with Gasteiger partial charge < -0.3 is 20.4 Å². The number of phenols is 1. The van der Waals surface area contributed by atoms with Gasteiger partial charge in [-0.15, -0.1) is 0 Å². The molecule has 1 aliphatic heterocycles. The van der Waals surface area contributed by atoms with Gasteiger partial charge in [-0.3, -0.25) is 4.79 Å². The average molecular weight is 346 g/mol. The molecule has 3 N–H and O–H groups in total. The fourth-order valence-electron chi connectivity index (χ4n) is 4.18. The van der Waals surface area contributed by atoms with Crippen molar-refractivity contribution in [3.8, 4) is 5.75 Å². The maximum atomic E-state index is 12.4. The SMILES string of the molecule is Cc1cc(O)cc(C(=O)NC2CCN(CC3(O)CCCCC3)CC2)c1. The molecule has 1 saturated carbocycles. The van der Waals surface area contributed by atoms with Gasteiger partial charge in [0.1, 0.15) is 5.75 Å². The predicted octanol–water partition coefficient (Wildman–Crippen LogP) is 2.59. The van der Waals surface area contributed by atoms with Crippen molar-refractivity contribution in [3.05, 3.63) is 29.3 Å². The minimum absolute atomic E-state index is 0.122. The van der Waals surface area contributed by atoms with Gasteiger partial charge in [-0.05, 0) is 56.4 Å². The number of nitrogens with zero attached hydrogens (tertiary/aromatic N) is 1. The second-order valence-corrected chi connectivity index (χ2v) is 7.87. The number of aromatic hydroxyl groups is 1. The first-order valence-corrected chi connectivity index (χ1v) is 9.50. The summed E-state index contributed by atoms with van der Waals surface area (Å²) in [5.41, 5.74) is 0.880. The molecule has 0 unspecified atom stereocenters. The van der Waals surface area contributed by atoms with E-state index in [1.165, 1.54) is 12.5 Å². The van der Waals surface area contributed by atoms with Crippen LogP contribution in [0, 0.1) is 6.92 Å². The Balaban J connectivity index is 1.48. The summed E-state index contributed by atoms with van der Waals surface area (Å²) in [6.45, 7) is 4.45. The Labute approximate surface area is 150 Å². The van der Waals surface area contributed by atoms with Crippen LogP contribution >= 0.6 is 0 Å². The number of aryl methyl sites for hydroxylation is 1. The van der Waals surface area contributed by atoms with Gasteiger partial charge >= 0.3 is 0 Å². The zero-order valence-electron chi connectivity index (χ0n) is 15.1. The number of aliphatic hydroxyl groups is 1. The Morgan fingerprint density at radius 3 is 2.52 bits per heavy atom. The van der Waals surface area contributed by atoms with Gasteiger partial charge in [0.2, 0.25) is 0 Å². The third-order valence-electron chi connectivity index (χ3n) is 5.55. The largest absolute Gasteiger partial charge is 0.508 e. The van der Waals surface area contributed by atoms with Crippen molar-refractivity contribution in [3.63, 3.8) is 0 Å². The van der Waals surface area contributed by atoms with Crippen LogP contribution in [-0.4, -0.2) is 52.3 Å². The molecule has 5 heteroatoms. The Bertz CT molecular complexity index is 583. The summed E-state index contributed by atoms with van der Waals surface area (Å²) in [5.74, 6) is 0.00375. The smallest absolute Gasteiger partial charge is 0.251 e. The van der Waals surface area contributed by atoms with Crippen molar-refractivity contribution >= 4 is 5.91 Å². The van der Waals surface area contributed by atoms with E-state index in [-0.39, 0.29) is 17.7 Å². The molecule has 1 amide bonds. The zero-order valence-corrected chi connectivity index (χ0v) is 15.1. The van der Waals surface area contributed by atoms with Gasteiger partial charge in [0.05, 0.1) is 5.60 Å². The van der Waals surface area contributed by atoms with Crippen LogP contribution < -0.4 is 5.32 Å². The van der Waals surface area contributed by atoms with Gasteiger partial charge in [0.15, 0.2) is 0 Å². The zero-order chi connectivity index (χ0) is 17.9. The molecule has 1 aromatic carbocycles. The minimum atomic E-state index is -0.507. The van der Waals surface area contributed by atoms with E-state index in [4.69, 9.17) is 0 Å². The molecule has 0 spiro atoms. The highest BCUT2D eigenvalue weighted by Crippen LogP contribution is 2.29. The van der Waals surface area contributed by atoms with Crippen molar-refractivity contribution in [2.24, 2.45) is 0 Å². The highest BCUT2D eigenvalue weighted by atomic mass is 16.3. The van der Waals surface area contributed by atoms with Crippen LogP contribution in [0.1, 0.15) is 60.9 Å². The fraction of sp³-hybridized carbons (Fsp3) is 0.650. The number of carbonyl (C=O) groups is 1. The molecule has 1 aliphatic carbocycles. The van der Waals surface area contributed by atoms with Crippen LogP contribution in [0.3, 0.4) is 0 Å². The van der Waals surface area contributed by atoms with Crippen molar-refractivity contribution < 1.29 is 15.0 Å². The summed E-state index contributed by atoms with van der Waals surface area (Å²) in [5, 5.41) is 23.4. The average Bonchev–Trinajstić information content (AvgIpc) is 2.56. The van der Waals surface area contributed by atoms with Crippen molar-refractivity contribution in [2.45, 2.75) is 63.5 Å². The highest BCUT2D eigenvalue weighted by Gasteiger charge is 2.32. The molecule has 0 radical (unpaired) electrons. The molecule has 2 fully saturated rings. The lowest BCUT2D eigenvalue weighted by atomic mass is 9.84. The lowest BCUT2D eigenvalue weighted by Crippen LogP contribution is -2.50. The summed E-state index contributed by atoms with van der Waals surface area (Å²) >= 11 is 0. The quantitative estimate of drug-likeness (QED) is 0.783. The number of nitrogens with one attached hydrogen (secondary N) is 1. The lowest BCUT2D eigenvalue weighted by Gasteiger charge is -2.40. The first-order valence-electron chi connectivity index (χ1n) is 9.50. The van der Waals surface area contributed by atoms with Gasteiger partial charge in [-0.1, -0.05) is 19.3 Å². The highest BCUT2D eigenvalue weighted by molar-refractivity contribution is 5.95. The van der Waals surface area contributed by atoms with Crippen LogP contribution in [-0.2, 0) is 0 Å². The summed E-state index contributed by atoms with van der Waals surface area (Å²) < 4.78 is 0. The van der Waals surface area contributed by atoms with E-state index in [0.717, 1.165) is 63.7 Å². The van der Waals surface area contributed by atoms with Crippen molar-refractivity contribution in [1.29, 1.82) is 0 Å². The number of β-amino-alcohol motifs (C(OH)–C–C–N with tert-alkyl or cyclic N) is 1. The topological polar surface area (TPSA) is 72.8 Å². The van der Waals surface area contributed by atoms with E-state index in [0.29, 0.717) is 5.56 Å². The van der Waals surface area contributed by atoms with Gasteiger partial charge in [0, 0.05) is 31.2 Å². The number of carbonyl (C=O) groups excluding carboxylic acids is 1. The summed E-state index contributed by atoms with van der Waals surface area (Å²) in [4.78, 5) is 14.7. The number of piperidine rings is 1. The van der Waals surface area contributed by atoms with Gasteiger partial charge in [-0.25, -0.2) is 0 Å². The maximum absolute atomic E-state index is 12.4. The standard InChI is InChI=1S/C20H30N2O3/c1-15-11-16(13-18(23)12-15)19(24)21-17-5-9-22(10-6-17)14-20(25)7-3-2-4-8-20/h11-13,17,23,25H,2-10,14H2,1H3,(H,21,24). The first-order chi connectivity index (χ1) is 11.9. The lowest BCUT2D eigenvalue weighted by molar-refractivity contribution is -0.0312. The maximum Gasteiger partial charge on any atom is 0.251 e. The Morgan fingerprint density at radius 2 is 1.88 bits per heavy atom. The number of phenolic OH excluding ortho intramolecular Hbond substituents is 1. The molecule has 1 saturated heterocycles. The predicted molar refractivity (Wildman–Crippen MR) is 97.8 cm³/mol. The Kier molecular flexibility index (Phi) is 5.64. The van der Waals surface area contributed by atoms with Crippen molar-refractivity contribution in [1.82, 2.24) is 10.2 Å². The summed E-state index contributed by atoms with van der Waals surface area (Å²) in [7, 11) is 0. The molecule has 138 valence electrons. The number of hydrogen-bond acceptors (Lipinski definition) is 4. The normalized spacial score (nSPS) is 21.8. The molecule has 25 heavy (non-hydrogen) atoms. The van der Waals surface area contributed by atoms with Crippen LogP contribution in [0.5, 0.6) is 5.75 Å². The van der Waals surface area contributed by atoms with Crippen molar-refractivity contribution in [2.75, 3.05) is 19.6 Å². The van der Waals surface area contributed by atoms with E-state index in [2.05, 4.69) is 10.2 Å². The molecule has 0 bridgehead atoms. The summed E-state index contributed by atoms with van der Waals surface area (Å²) in [6.07, 6.45) is 7.14. The van der Waals surface area contributed by atoms with E-state index in [9.17, 15) is 15.0 Å². The molecular formula is C20H30N2O3. The van der Waals surface area contributed by atoms with E-state index in [1.807, 2.05) is 6.92 Å². The molecule has 1 heterocycles. The Morgan fingerprint density at radius 1 is 1.20 bits per heavy atom. The first kappa shape index (κ1) is 18.2. The van der Waals surface area contributed by atoms with Crippen LogP contribution in [0.25, 0.3) is 0 Å². The Hall–Kier alpha value is -1.59. The number of likely N-dealkylation sites (tertiary alicyclic amines) is 1. The van der Waals surface area contributed by atoms with Gasteiger partial charge in [0.25, 0.3) is 5.91 Å². The van der Waals surface area contributed by atoms with Crippen LogP contribution in [0.4, 0.5) is 0 Å². The van der Waals surface area contributed by atoms with E-state index in [1.54, 1.807) is 12.1 Å². The van der Waals surface area contributed by atoms with Gasteiger partial charge in [-0.2, -0.15) is 0 Å². The minimum Gasteiger partial charge on any atom is -0.508 e. The molecule has 0 aromatic heterocycles. The molecular weight excluding hydrogens is 316 g/mol. The molecule has 1 aromatic rings. The third-order valence-corrected chi connectivity index (χ3v) is 5.55. The van der Waals surface area contributed by atoms with Crippen LogP contribution in [0.15, 0.2) is 18.2 Å². The fourth-order valence-corrected chi connectivity index (χ4v) is 4.18.